The van der Waals surface area contributed by atoms with Crippen molar-refractivity contribution in [2.75, 3.05) is 7.05 Å². The van der Waals surface area contributed by atoms with Gasteiger partial charge in [-0.15, -0.1) is 0 Å². The van der Waals surface area contributed by atoms with Crippen LogP contribution in [-0.4, -0.2) is 22.4 Å². The fraction of sp³-hybridized carbons (Fsp3) is 0.250. The molecule has 0 aliphatic carbocycles. The molecule has 4 heteroatoms. The van der Waals surface area contributed by atoms with Crippen LogP contribution in [0.5, 0.6) is 5.75 Å². The molecule has 0 bridgehead atoms. The number of rotatable bonds is 2. The van der Waals surface area contributed by atoms with E-state index in [1.165, 1.54) is 13.1 Å². The van der Waals surface area contributed by atoms with Gasteiger partial charge in [-0.3, -0.25) is 0 Å². The van der Waals surface area contributed by atoms with Crippen molar-refractivity contribution < 1.29 is 10.3 Å². The Bertz CT molecular complexity index is 256. The number of benzene rings is 1. The highest BCUT2D eigenvalue weighted by atomic mass is 35.5. The average molecular weight is 188 g/mol. The number of hydrogen-bond acceptors (Lipinski definition) is 3. The van der Waals surface area contributed by atoms with Crippen molar-refractivity contribution in [3.05, 3.63) is 28.8 Å². The Kier molecular flexibility index (Phi) is 2.92. The van der Waals surface area contributed by atoms with Gasteiger partial charge in [0.05, 0.1) is 6.54 Å². The van der Waals surface area contributed by atoms with E-state index >= 15 is 0 Å². The van der Waals surface area contributed by atoms with Crippen LogP contribution in [0.2, 0.25) is 5.02 Å². The fourth-order valence-electron chi connectivity index (χ4n) is 0.933. The monoisotopic (exact) mass is 187 g/mol. The Morgan fingerprint density at radius 2 is 2.17 bits per heavy atom. The third-order valence-corrected chi connectivity index (χ3v) is 1.84. The van der Waals surface area contributed by atoms with Crippen LogP contribution >= 0.6 is 11.6 Å². The quantitative estimate of drug-likeness (QED) is 0.695. The van der Waals surface area contributed by atoms with Crippen LogP contribution in [0.15, 0.2) is 18.2 Å². The standard InChI is InChI=1S/C8H10ClNO2/c1-10(12)5-6-7(9)3-2-4-8(6)11/h2-4,11-12H,5H2,1H3. The molecule has 0 radical (unpaired) electrons. The van der Waals surface area contributed by atoms with Gasteiger partial charge in [-0.25, -0.2) is 0 Å². The van der Waals surface area contributed by atoms with Gasteiger partial charge < -0.3 is 10.3 Å². The molecular formula is C8H10ClNO2. The molecule has 0 amide bonds. The molecule has 0 heterocycles. The van der Waals surface area contributed by atoms with Crippen molar-refractivity contribution in [2.24, 2.45) is 0 Å². The summed E-state index contributed by atoms with van der Waals surface area (Å²) >= 11 is 5.78. The van der Waals surface area contributed by atoms with Gasteiger partial charge in [0.15, 0.2) is 0 Å². The van der Waals surface area contributed by atoms with Crippen molar-refractivity contribution >= 4 is 11.6 Å². The Morgan fingerprint density at radius 3 is 2.67 bits per heavy atom. The lowest BCUT2D eigenvalue weighted by Gasteiger charge is -2.10. The molecule has 0 atom stereocenters. The molecule has 0 aliphatic rings. The number of phenolic OH excluding ortho intramolecular Hbond substituents is 1. The van der Waals surface area contributed by atoms with Gasteiger partial charge in [0.1, 0.15) is 5.75 Å². The summed E-state index contributed by atoms with van der Waals surface area (Å²) in [6, 6.07) is 4.85. The normalized spacial score (nSPS) is 10.7. The largest absolute Gasteiger partial charge is 0.508 e. The number of hydrogen-bond donors (Lipinski definition) is 2. The lowest BCUT2D eigenvalue weighted by atomic mass is 10.2. The van der Waals surface area contributed by atoms with Crippen molar-refractivity contribution in [3.8, 4) is 5.75 Å². The summed E-state index contributed by atoms with van der Waals surface area (Å²) < 4.78 is 0. The second-order valence-corrected chi connectivity index (χ2v) is 2.96. The Labute approximate surface area is 75.8 Å². The minimum Gasteiger partial charge on any atom is -0.508 e. The van der Waals surface area contributed by atoms with Crippen molar-refractivity contribution in [2.45, 2.75) is 6.54 Å². The number of nitrogens with zero attached hydrogens (tertiary/aromatic N) is 1. The maximum Gasteiger partial charge on any atom is 0.121 e. The molecule has 2 N–H and O–H groups in total. The molecule has 0 saturated carbocycles. The highest BCUT2D eigenvalue weighted by Crippen LogP contribution is 2.25. The molecule has 1 rings (SSSR count). The molecule has 0 fully saturated rings. The summed E-state index contributed by atoms with van der Waals surface area (Å²) in [6.07, 6.45) is 0. The first-order chi connectivity index (χ1) is 5.61. The number of hydroxylamine groups is 2. The maximum absolute atomic E-state index is 9.32. The summed E-state index contributed by atoms with van der Waals surface area (Å²) in [6.45, 7) is 0.214. The van der Waals surface area contributed by atoms with E-state index in [2.05, 4.69) is 0 Å². The second-order valence-electron chi connectivity index (χ2n) is 2.55. The topological polar surface area (TPSA) is 43.7 Å². The molecule has 0 saturated heterocycles. The van der Waals surface area contributed by atoms with Gasteiger partial charge in [0.2, 0.25) is 0 Å². The molecule has 0 unspecified atom stereocenters. The van der Waals surface area contributed by atoms with Crippen molar-refractivity contribution in [1.82, 2.24) is 5.06 Å². The lowest BCUT2D eigenvalue weighted by Crippen LogP contribution is -2.12. The first kappa shape index (κ1) is 9.32. The predicted octanol–water partition coefficient (Wildman–Crippen LogP) is 1.87. The van der Waals surface area contributed by atoms with Gasteiger partial charge in [-0.2, -0.15) is 5.06 Å². The maximum atomic E-state index is 9.32. The van der Waals surface area contributed by atoms with Crippen molar-refractivity contribution in [3.63, 3.8) is 0 Å². The number of phenols is 1. The zero-order valence-electron chi connectivity index (χ0n) is 6.66. The van der Waals surface area contributed by atoms with Crippen LogP contribution in [0.4, 0.5) is 0 Å². The zero-order chi connectivity index (χ0) is 9.14. The Morgan fingerprint density at radius 1 is 1.50 bits per heavy atom. The first-order valence-electron chi connectivity index (χ1n) is 3.47. The van der Waals surface area contributed by atoms with Gasteiger partial charge in [0.25, 0.3) is 0 Å². The van der Waals surface area contributed by atoms with E-state index in [-0.39, 0.29) is 12.3 Å². The molecule has 1 aromatic rings. The first-order valence-corrected chi connectivity index (χ1v) is 3.85. The van der Waals surface area contributed by atoms with Crippen LogP contribution in [0.25, 0.3) is 0 Å². The second kappa shape index (κ2) is 3.76. The Hall–Kier alpha value is -0.770. The van der Waals surface area contributed by atoms with E-state index in [1.54, 1.807) is 12.1 Å². The molecule has 0 aromatic heterocycles. The van der Waals surface area contributed by atoms with E-state index in [0.717, 1.165) is 5.06 Å². The minimum atomic E-state index is 0.100. The van der Waals surface area contributed by atoms with E-state index in [0.29, 0.717) is 10.6 Å². The number of aromatic hydroxyl groups is 1. The highest BCUT2D eigenvalue weighted by Gasteiger charge is 2.06. The summed E-state index contributed by atoms with van der Waals surface area (Å²) in [7, 11) is 1.49. The smallest absolute Gasteiger partial charge is 0.121 e. The zero-order valence-corrected chi connectivity index (χ0v) is 7.41. The van der Waals surface area contributed by atoms with Gasteiger partial charge in [-0.1, -0.05) is 17.7 Å². The summed E-state index contributed by atoms with van der Waals surface area (Å²) in [5.41, 5.74) is 0.532. The third kappa shape index (κ3) is 2.11. The van der Waals surface area contributed by atoms with Crippen molar-refractivity contribution in [1.29, 1.82) is 0 Å². The van der Waals surface area contributed by atoms with Crippen LogP contribution in [0.3, 0.4) is 0 Å². The van der Waals surface area contributed by atoms with Gasteiger partial charge in [-0.05, 0) is 12.1 Å². The lowest BCUT2D eigenvalue weighted by molar-refractivity contribution is -0.0735. The highest BCUT2D eigenvalue weighted by molar-refractivity contribution is 6.31. The minimum absolute atomic E-state index is 0.100. The van der Waals surface area contributed by atoms with E-state index in [9.17, 15) is 5.11 Å². The fourth-order valence-corrected chi connectivity index (χ4v) is 1.16. The van der Waals surface area contributed by atoms with E-state index < -0.39 is 0 Å². The molecule has 0 spiro atoms. The molecule has 0 aliphatic heterocycles. The van der Waals surface area contributed by atoms with Crippen LogP contribution in [0, 0.1) is 0 Å². The van der Waals surface area contributed by atoms with Gasteiger partial charge in [0, 0.05) is 17.6 Å². The molecule has 3 nitrogen and oxygen atoms in total. The van der Waals surface area contributed by atoms with E-state index in [1.807, 2.05) is 0 Å². The third-order valence-electron chi connectivity index (χ3n) is 1.48. The Balaban J connectivity index is 2.96. The van der Waals surface area contributed by atoms with Crippen LogP contribution < -0.4 is 0 Å². The summed E-state index contributed by atoms with van der Waals surface area (Å²) in [5.74, 6) is 0.100. The van der Waals surface area contributed by atoms with Crippen LogP contribution in [0.1, 0.15) is 5.56 Å². The predicted molar refractivity (Wildman–Crippen MR) is 46.4 cm³/mol. The number of halogens is 1. The SMILES string of the molecule is CN(O)Cc1c(O)cccc1Cl. The molecule has 12 heavy (non-hydrogen) atoms. The van der Waals surface area contributed by atoms with Crippen LogP contribution in [-0.2, 0) is 6.54 Å². The summed E-state index contributed by atoms with van der Waals surface area (Å²) in [4.78, 5) is 0. The van der Waals surface area contributed by atoms with E-state index in [4.69, 9.17) is 16.8 Å². The molecule has 66 valence electrons. The molecular weight excluding hydrogens is 178 g/mol. The van der Waals surface area contributed by atoms with Gasteiger partial charge >= 0.3 is 0 Å². The average Bonchev–Trinajstić information content (AvgIpc) is 1.97. The summed E-state index contributed by atoms with van der Waals surface area (Å²) in [5, 5.41) is 19.7. The molecule has 1 aromatic carbocycles.